The molecule has 1 N–H and O–H groups in total. The molecule has 0 aliphatic rings. The Balaban J connectivity index is 1.99. The fourth-order valence-corrected chi connectivity index (χ4v) is 2.05. The van der Waals surface area contributed by atoms with E-state index >= 15 is 0 Å². The second-order valence-corrected chi connectivity index (χ2v) is 5.25. The third-order valence-electron chi connectivity index (χ3n) is 2.74. The highest BCUT2D eigenvalue weighted by molar-refractivity contribution is 6.36. The van der Waals surface area contributed by atoms with E-state index < -0.39 is 18.0 Å². The summed E-state index contributed by atoms with van der Waals surface area (Å²) in [4.78, 5) is 27.7. The zero-order chi connectivity index (χ0) is 16.1. The SMILES string of the molecule is CC(OC(=O)c1cccnc1)C(=O)Nc1ccc(Cl)cc1Cl. The van der Waals surface area contributed by atoms with Gasteiger partial charge in [-0.15, -0.1) is 0 Å². The number of nitrogens with zero attached hydrogens (tertiary/aromatic N) is 1. The van der Waals surface area contributed by atoms with Gasteiger partial charge in [-0.3, -0.25) is 9.78 Å². The van der Waals surface area contributed by atoms with Gasteiger partial charge in [0.2, 0.25) is 0 Å². The molecule has 2 aromatic rings. The van der Waals surface area contributed by atoms with Gasteiger partial charge in [-0.25, -0.2) is 4.79 Å². The number of esters is 1. The van der Waals surface area contributed by atoms with E-state index in [9.17, 15) is 9.59 Å². The minimum Gasteiger partial charge on any atom is -0.449 e. The normalized spacial score (nSPS) is 11.6. The Morgan fingerprint density at radius 1 is 1.27 bits per heavy atom. The number of ether oxygens (including phenoxy) is 1. The lowest BCUT2D eigenvalue weighted by atomic mass is 10.2. The summed E-state index contributed by atoms with van der Waals surface area (Å²) in [6, 6.07) is 7.82. The molecule has 1 atom stereocenters. The average Bonchev–Trinajstić information content (AvgIpc) is 2.50. The minimum atomic E-state index is -0.987. The van der Waals surface area contributed by atoms with Gasteiger partial charge in [-0.05, 0) is 37.3 Å². The maximum Gasteiger partial charge on any atom is 0.340 e. The maximum absolute atomic E-state index is 12.0. The predicted octanol–water partition coefficient (Wildman–Crippen LogP) is 3.57. The van der Waals surface area contributed by atoms with Crippen LogP contribution in [0.2, 0.25) is 10.0 Å². The molecule has 7 heteroatoms. The van der Waals surface area contributed by atoms with Crippen LogP contribution >= 0.6 is 23.2 Å². The molecule has 1 aromatic heterocycles. The van der Waals surface area contributed by atoms with Crippen molar-refractivity contribution >= 4 is 40.8 Å². The number of nitrogens with one attached hydrogen (secondary N) is 1. The zero-order valence-electron chi connectivity index (χ0n) is 11.5. The van der Waals surface area contributed by atoms with Crippen molar-refractivity contribution in [2.75, 3.05) is 5.32 Å². The van der Waals surface area contributed by atoms with Gasteiger partial charge < -0.3 is 10.1 Å². The van der Waals surface area contributed by atoms with Crippen molar-refractivity contribution in [3.8, 4) is 0 Å². The lowest BCUT2D eigenvalue weighted by molar-refractivity contribution is -0.123. The highest BCUT2D eigenvalue weighted by Crippen LogP contribution is 2.25. The van der Waals surface area contributed by atoms with Gasteiger partial charge >= 0.3 is 5.97 Å². The molecule has 0 aliphatic heterocycles. The van der Waals surface area contributed by atoms with Gasteiger partial charge in [0.15, 0.2) is 6.10 Å². The second-order valence-electron chi connectivity index (χ2n) is 4.40. The molecule has 1 amide bonds. The molecule has 114 valence electrons. The smallest absolute Gasteiger partial charge is 0.340 e. The van der Waals surface area contributed by atoms with E-state index in [1.165, 1.54) is 25.4 Å². The first-order chi connectivity index (χ1) is 10.5. The van der Waals surface area contributed by atoms with Gasteiger partial charge in [0.25, 0.3) is 5.91 Å². The number of aromatic nitrogens is 1. The Morgan fingerprint density at radius 2 is 2.05 bits per heavy atom. The molecular formula is C15H12Cl2N2O3. The summed E-state index contributed by atoms with van der Waals surface area (Å²) < 4.78 is 5.07. The van der Waals surface area contributed by atoms with Crippen molar-refractivity contribution in [3.05, 3.63) is 58.3 Å². The van der Waals surface area contributed by atoms with Crippen LogP contribution in [0.25, 0.3) is 0 Å². The largest absolute Gasteiger partial charge is 0.449 e. The molecule has 1 aromatic carbocycles. The molecule has 0 saturated carbocycles. The van der Waals surface area contributed by atoms with Crippen LogP contribution in [0, 0.1) is 0 Å². The monoisotopic (exact) mass is 338 g/mol. The molecule has 1 heterocycles. The molecule has 0 bridgehead atoms. The van der Waals surface area contributed by atoms with Crippen LogP contribution in [0.1, 0.15) is 17.3 Å². The van der Waals surface area contributed by atoms with Crippen LogP contribution in [0.4, 0.5) is 5.69 Å². The highest BCUT2D eigenvalue weighted by Gasteiger charge is 2.19. The third kappa shape index (κ3) is 4.19. The number of rotatable bonds is 4. The number of anilines is 1. The Labute approximate surface area is 137 Å². The van der Waals surface area contributed by atoms with Gasteiger partial charge in [0.1, 0.15) is 0 Å². The summed E-state index contributed by atoms with van der Waals surface area (Å²) in [7, 11) is 0. The molecule has 0 fully saturated rings. The first-order valence-corrected chi connectivity index (χ1v) is 7.10. The first-order valence-electron chi connectivity index (χ1n) is 6.34. The van der Waals surface area contributed by atoms with Crippen molar-refractivity contribution in [2.45, 2.75) is 13.0 Å². The van der Waals surface area contributed by atoms with E-state index in [-0.39, 0.29) is 5.56 Å². The van der Waals surface area contributed by atoms with Gasteiger partial charge in [0.05, 0.1) is 16.3 Å². The van der Waals surface area contributed by atoms with Crippen LogP contribution in [0.3, 0.4) is 0 Å². The molecule has 0 radical (unpaired) electrons. The van der Waals surface area contributed by atoms with E-state index in [4.69, 9.17) is 27.9 Å². The molecule has 22 heavy (non-hydrogen) atoms. The summed E-state index contributed by atoms with van der Waals surface area (Å²) in [5.41, 5.74) is 0.659. The summed E-state index contributed by atoms with van der Waals surface area (Å²) in [5.74, 6) is -1.13. The molecule has 2 rings (SSSR count). The van der Waals surface area contributed by atoms with Crippen LogP contribution in [0.5, 0.6) is 0 Å². The topological polar surface area (TPSA) is 68.3 Å². The van der Waals surface area contributed by atoms with Gasteiger partial charge in [-0.1, -0.05) is 23.2 Å². The summed E-state index contributed by atoms with van der Waals surface area (Å²) in [6.45, 7) is 1.47. The zero-order valence-corrected chi connectivity index (χ0v) is 13.1. The Hall–Kier alpha value is -2.11. The van der Waals surface area contributed by atoms with Crippen molar-refractivity contribution < 1.29 is 14.3 Å². The number of halogens is 2. The summed E-state index contributed by atoms with van der Waals surface area (Å²) >= 11 is 11.7. The lowest BCUT2D eigenvalue weighted by Crippen LogP contribution is -2.30. The maximum atomic E-state index is 12.0. The van der Waals surface area contributed by atoms with Crippen LogP contribution in [-0.2, 0) is 9.53 Å². The van der Waals surface area contributed by atoms with E-state index in [1.54, 1.807) is 24.3 Å². The van der Waals surface area contributed by atoms with Gasteiger partial charge in [-0.2, -0.15) is 0 Å². The second kappa shape index (κ2) is 7.24. The molecule has 0 spiro atoms. The Morgan fingerprint density at radius 3 is 2.68 bits per heavy atom. The van der Waals surface area contributed by atoms with E-state index in [0.717, 1.165) is 0 Å². The lowest BCUT2D eigenvalue weighted by Gasteiger charge is -2.14. The van der Waals surface area contributed by atoms with E-state index in [2.05, 4.69) is 10.3 Å². The van der Waals surface area contributed by atoms with Crippen LogP contribution in [-0.4, -0.2) is 23.0 Å². The fraction of sp³-hybridized carbons (Fsp3) is 0.133. The fourth-order valence-electron chi connectivity index (χ4n) is 1.59. The number of carbonyl (C=O) groups excluding carboxylic acids is 2. The first kappa shape index (κ1) is 16.3. The molecule has 0 aliphatic carbocycles. The molecule has 5 nitrogen and oxygen atoms in total. The number of amides is 1. The third-order valence-corrected chi connectivity index (χ3v) is 3.29. The number of carbonyl (C=O) groups is 2. The van der Waals surface area contributed by atoms with Crippen LogP contribution in [0.15, 0.2) is 42.7 Å². The minimum absolute atomic E-state index is 0.270. The van der Waals surface area contributed by atoms with E-state index in [1.807, 2.05) is 0 Å². The van der Waals surface area contributed by atoms with Crippen molar-refractivity contribution in [3.63, 3.8) is 0 Å². The molecule has 0 saturated heterocycles. The summed E-state index contributed by atoms with van der Waals surface area (Å²) in [6.07, 6.45) is 1.91. The average molecular weight is 339 g/mol. The Kier molecular flexibility index (Phi) is 5.35. The predicted molar refractivity (Wildman–Crippen MR) is 84.2 cm³/mol. The van der Waals surface area contributed by atoms with E-state index in [0.29, 0.717) is 15.7 Å². The highest BCUT2D eigenvalue weighted by atomic mass is 35.5. The number of hydrogen-bond acceptors (Lipinski definition) is 4. The quantitative estimate of drug-likeness (QED) is 0.865. The number of hydrogen-bond donors (Lipinski definition) is 1. The summed E-state index contributed by atoms with van der Waals surface area (Å²) in [5, 5.41) is 3.33. The molecule has 1 unspecified atom stereocenters. The standard InChI is InChI=1S/C15H12Cl2N2O3/c1-9(22-15(21)10-3-2-6-18-8-10)14(20)19-13-5-4-11(16)7-12(13)17/h2-9H,1H3,(H,19,20). The Bertz CT molecular complexity index is 692. The van der Waals surface area contributed by atoms with Crippen LogP contribution < -0.4 is 5.32 Å². The molecular weight excluding hydrogens is 327 g/mol. The number of benzene rings is 1. The van der Waals surface area contributed by atoms with Crippen molar-refractivity contribution in [1.82, 2.24) is 4.98 Å². The number of pyridine rings is 1. The van der Waals surface area contributed by atoms with Gasteiger partial charge in [0, 0.05) is 17.4 Å². The van der Waals surface area contributed by atoms with Crippen molar-refractivity contribution in [1.29, 1.82) is 0 Å². The van der Waals surface area contributed by atoms with Crippen molar-refractivity contribution in [2.24, 2.45) is 0 Å².